The van der Waals surface area contributed by atoms with Gasteiger partial charge < -0.3 is 10.6 Å². The molecule has 0 aliphatic rings. The van der Waals surface area contributed by atoms with Gasteiger partial charge in [0.15, 0.2) is 0 Å². The molecule has 0 radical (unpaired) electrons. The summed E-state index contributed by atoms with van der Waals surface area (Å²) >= 11 is 0. The van der Waals surface area contributed by atoms with E-state index in [0.29, 0.717) is 17.9 Å². The van der Waals surface area contributed by atoms with Crippen molar-refractivity contribution in [2.24, 2.45) is 0 Å². The summed E-state index contributed by atoms with van der Waals surface area (Å²) < 4.78 is 0. The smallest absolute Gasteiger partial charge is 0.255 e. The predicted octanol–water partition coefficient (Wildman–Crippen LogP) is 4.11. The fourth-order valence-electron chi connectivity index (χ4n) is 2.61. The second kappa shape index (κ2) is 8.11. The summed E-state index contributed by atoms with van der Waals surface area (Å²) in [5.74, 6) is 0.435. The average Bonchev–Trinajstić information content (AvgIpc) is 2.63. The maximum Gasteiger partial charge on any atom is 0.255 e. The second-order valence-electron chi connectivity index (χ2n) is 5.89. The van der Waals surface area contributed by atoms with Gasteiger partial charge in [-0.05, 0) is 48.7 Å². The molecule has 3 aromatic rings. The minimum absolute atomic E-state index is 0.126. The summed E-state index contributed by atoms with van der Waals surface area (Å²) in [5, 5.41) is 6.20. The third kappa shape index (κ3) is 4.67. The Labute approximate surface area is 147 Å². The van der Waals surface area contributed by atoms with Crippen molar-refractivity contribution in [3.05, 3.63) is 89.6 Å². The van der Waals surface area contributed by atoms with Crippen molar-refractivity contribution in [2.45, 2.75) is 13.3 Å². The number of rotatable bonds is 6. The normalized spacial score (nSPS) is 10.3. The average molecular weight is 331 g/mol. The summed E-state index contributed by atoms with van der Waals surface area (Å²) in [6.07, 6.45) is 2.48. The van der Waals surface area contributed by atoms with Crippen LogP contribution in [0, 0.1) is 6.92 Å². The SMILES string of the molecule is Cc1cccc(Nc2ncccc2C(=O)NCCc2ccccc2)c1. The van der Waals surface area contributed by atoms with E-state index in [4.69, 9.17) is 0 Å². The lowest BCUT2D eigenvalue weighted by atomic mass is 10.1. The molecule has 4 heteroatoms. The van der Waals surface area contributed by atoms with E-state index in [2.05, 4.69) is 27.8 Å². The molecule has 1 heterocycles. The van der Waals surface area contributed by atoms with Crippen molar-refractivity contribution in [3.8, 4) is 0 Å². The zero-order valence-corrected chi connectivity index (χ0v) is 14.2. The molecule has 0 aliphatic carbocycles. The summed E-state index contributed by atoms with van der Waals surface area (Å²) in [4.78, 5) is 16.8. The maximum atomic E-state index is 12.5. The van der Waals surface area contributed by atoms with Crippen LogP contribution in [0.2, 0.25) is 0 Å². The first-order valence-corrected chi connectivity index (χ1v) is 8.33. The molecule has 3 rings (SSSR count). The lowest BCUT2D eigenvalue weighted by Crippen LogP contribution is -2.26. The van der Waals surface area contributed by atoms with Gasteiger partial charge in [0.05, 0.1) is 5.56 Å². The highest BCUT2D eigenvalue weighted by molar-refractivity contribution is 5.99. The van der Waals surface area contributed by atoms with Crippen LogP contribution in [-0.4, -0.2) is 17.4 Å². The van der Waals surface area contributed by atoms with Crippen LogP contribution >= 0.6 is 0 Å². The lowest BCUT2D eigenvalue weighted by Gasteiger charge is -2.11. The first-order chi connectivity index (χ1) is 12.2. The van der Waals surface area contributed by atoms with Gasteiger partial charge in [-0.15, -0.1) is 0 Å². The molecule has 0 spiro atoms. The zero-order valence-electron chi connectivity index (χ0n) is 14.2. The van der Waals surface area contributed by atoms with Crippen LogP contribution in [-0.2, 0) is 6.42 Å². The van der Waals surface area contributed by atoms with Gasteiger partial charge in [-0.1, -0.05) is 42.5 Å². The van der Waals surface area contributed by atoms with E-state index < -0.39 is 0 Å². The first kappa shape index (κ1) is 16.7. The van der Waals surface area contributed by atoms with Crippen LogP contribution < -0.4 is 10.6 Å². The summed E-state index contributed by atoms with van der Waals surface area (Å²) in [6, 6.07) is 21.6. The Bertz CT molecular complexity index is 847. The first-order valence-electron chi connectivity index (χ1n) is 8.33. The number of carbonyl (C=O) groups excluding carboxylic acids is 1. The van der Waals surface area contributed by atoms with Gasteiger partial charge in [-0.3, -0.25) is 4.79 Å². The molecule has 126 valence electrons. The number of benzene rings is 2. The Morgan fingerprint density at radius 3 is 2.64 bits per heavy atom. The Kier molecular flexibility index (Phi) is 5.42. The number of nitrogens with one attached hydrogen (secondary N) is 2. The lowest BCUT2D eigenvalue weighted by molar-refractivity contribution is 0.0954. The van der Waals surface area contributed by atoms with Crippen LogP contribution in [0.15, 0.2) is 72.9 Å². The second-order valence-corrected chi connectivity index (χ2v) is 5.89. The van der Waals surface area contributed by atoms with Crippen molar-refractivity contribution in [1.29, 1.82) is 0 Å². The number of hydrogen-bond donors (Lipinski definition) is 2. The van der Waals surface area contributed by atoms with Crippen molar-refractivity contribution in [3.63, 3.8) is 0 Å². The third-order valence-electron chi connectivity index (χ3n) is 3.88. The molecule has 0 atom stereocenters. The van der Waals surface area contributed by atoms with Crippen molar-refractivity contribution >= 4 is 17.4 Å². The Morgan fingerprint density at radius 2 is 1.84 bits per heavy atom. The Hall–Kier alpha value is -3.14. The highest BCUT2D eigenvalue weighted by Crippen LogP contribution is 2.19. The largest absolute Gasteiger partial charge is 0.352 e. The van der Waals surface area contributed by atoms with Gasteiger partial charge in [-0.25, -0.2) is 4.98 Å². The van der Waals surface area contributed by atoms with Crippen LogP contribution in [0.5, 0.6) is 0 Å². The molecule has 1 aromatic heterocycles. The number of pyridine rings is 1. The maximum absolute atomic E-state index is 12.5. The van der Waals surface area contributed by atoms with Crippen LogP contribution in [0.1, 0.15) is 21.5 Å². The van der Waals surface area contributed by atoms with E-state index in [1.807, 2.05) is 49.4 Å². The molecule has 0 saturated heterocycles. The number of aromatic nitrogens is 1. The fraction of sp³-hybridized carbons (Fsp3) is 0.143. The molecule has 0 aliphatic heterocycles. The van der Waals surface area contributed by atoms with E-state index in [0.717, 1.165) is 17.7 Å². The zero-order chi connectivity index (χ0) is 17.5. The van der Waals surface area contributed by atoms with E-state index in [1.54, 1.807) is 18.3 Å². The Balaban J connectivity index is 1.66. The van der Waals surface area contributed by atoms with Gasteiger partial charge in [0.25, 0.3) is 5.91 Å². The van der Waals surface area contributed by atoms with Crippen molar-refractivity contribution in [1.82, 2.24) is 10.3 Å². The minimum Gasteiger partial charge on any atom is -0.352 e. The molecule has 0 unspecified atom stereocenters. The van der Waals surface area contributed by atoms with E-state index in [1.165, 1.54) is 5.56 Å². The van der Waals surface area contributed by atoms with Gasteiger partial charge in [0.2, 0.25) is 0 Å². The number of hydrogen-bond acceptors (Lipinski definition) is 3. The van der Waals surface area contributed by atoms with E-state index in [9.17, 15) is 4.79 Å². The molecule has 1 amide bonds. The molecule has 0 fully saturated rings. The number of aryl methyl sites for hydroxylation is 1. The number of carbonyl (C=O) groups is 1. The topological polar surface area (TPSA) is 54.0 Å². The highest BCUT2D eigenvalue weighted by Gasteiger charge is 2.12. The molecule has 2 N–H and O–H groups in total. The monoisotopic (exact) mass is 331 g/mol. The summed E-state index contributed by atoms with van der Waals surface area (Å²) in [7, 11) is 0. The summed E-state index contributed by atoms with van der Waals surface area (Å²) in [6.45, 7) is 2.61. The molecule has 2 aromatic carbocycles. The van der Waals surface area contributed by atoms with Gasteiger partial charge in [0, 0.05) is 18.4 Å². The highest BCUT2D eigenvalue weighted by atomic mass is 16.1. The van der Waals surface area contributed by atoms with Gasteiger partial charge in [0.1, 0.15) is 5.82 Å². The molecular formula is C21H21N3O. The van der Waals surface area contributed by atoms with Crippen molar-refractivity contribution < 1.29 is 4.79 Å². The van der Waals surface area contributed by atoms with E-state index >= 15 is 0 Å². The number of anilines is 2. The number of nitrogens with zero attached hydrogens (tertiary/aromatic N) is 1. The summed E-state index contributed by atoms with van der Waals surface area (Å²) in [5.41, 5.74) is 3.80. The van der Waals surface area contributed by atoms with Gasteiger partial charge in [-0.2, -0.15) is 0 Å². The molecule has 25 heavy (non-hydrogen) atoms. The molecular weight excluding hydrogens is 310 g/mol. The van der Waals surface area contributed by atoms with Crippen LogP contribution in [0.4, 0.5) is 11.5 Å². The fourth-order valence-corrected chi connectivity index (χ4v) is 2.61. The molecule has 0 saturated carbocycles. The molecule has 4 nitrogen and oxygen atoms in total. The standard InChI is InChI=1S/C21H21N3O/c1-16-7-5-10-18(15-16)24-20-19(11-6-13-22-20)21(25)23-14-12-17-8-3-2-4-9-17/h2-11,13,15H,12,14H2,1H3,(H,22,24)(H,23,25). The predicted molar refractivity (Wildman–Crippen MR) is 101 cm³/mol. The van der Waals surface area contributed by atoms with Crippen molar-refractivity contribution in [2.75, 3.05) is 11.9 Å². The third-order valence-corrected chi connectivity index (χ3v) is 3.88. The van der Waals surface area contributed by atoms with E-state index in [-0.39, 0.29) is 5.91 Å². The quantitative estimate of drug-likeness (QED) is 0.715. The van der Waals surface area contributed by atoms with Gasteiger partial charge >= 0.3 is 0 Å². The Morgan fingerprint density at radius 1 is 1.00 bits per heavy atom. The van der Waals surface area contributed by atoms with Crippen LogP contribution in [0.3, 0.4) is 0 Å². The van der Waals surface area contributed by atoms with Crippen LogP contribution in [0.25, 0.3) is 0 Å². The number of amides is 1. The minimum atomic E-state index is -0.126. The molecule has 0 bridgehead atoms.